The number of nitrogens with zero attached hydrogens (tertiary/aromatic N) is 1. The molecule has 79 valence electrons. The number of nitrogens with one attached hydrogen (secondary N) is 1. The Kier molecular flexibility index (Phi) is 4.43. The quantitative estimate of drug-likeness (QED) is 0.885. The summed E-state index contributed by atoms with van der Waals surface area (Å²) in [6.07, 6.45) is 0. The van der Waals surface area contributed by atoms with Crippen LogP contribution in [0.5, 0.6) is 0 Å². The van der Waals surface area contributed by atoms with Gasteiger partial charge in [0.05, 0.1) is 4.90 Å². The number of hydrogen-bond acceptors (Lipinski definition) is 2. The Balaban J connectivity index is 0.00000112. The van der Waals surface area contributed by atoms with Gasteiger partial charge in [-0.25, -0.2) is 13.1 Å². The molecule has 0 aliphatic carbocycles. The molecule has 6 heteroatoms. The standard InChI is InChI=1S/C9H11N2O2S.Y/c1-10-14(12,13)9-3-2-7-5-11-6-8(7)4-9;/h2-4,10H,5-6H2,1H3;/q-1;. The first kappa shape index (κ1) is 13.3. The van der Waals surface area contributed by atoms with Crippen molar-refractivity contribution in [3.05, 3.63) is 34.6 Å². The molecule has 1 radical (unpaired) electrons. The fraction of sp³-hybridized carbons (Fsp3) is 0.333. The van der Waals surface area contributed by atoms with Gasteiger partial charge < -0.3 is 5.32 Å². The normalized spacial score (nSPS) is 14.5. The first-order chi connectivity index (χ1) is 6.63. The van der Waals surface area contributed by atoms with Crippen molar-refractivity contribution in [2.45, 2.75) is 18.0 Å². The Labute approximate surface area is 115 Å². The monoisotopic (exact) mass is 300 g/mol. The first-order valence-electron chi connectivity index (χ1n) is 4.32. The Bertz CT molecular complexity index is 459. The third-order valence-corrected chi connectivity index (χ3v) is 3.73. The fourth-order valence-electron chi connectivity index (χ4n) is 1.49. The van der Waals surface area contributed by atoms with Crippen LogP contribution in [-0.2, 0) is 55.8 Å². The van der Waals surface area contributed by atoms with Gasteiger partial charge >= 0.3 is 0 Å². The second-order valence-corrected chi connectivity index (χ2v) is 5.06. The zero-order valence-electron chi connectivity index (χ0n) is 8.40. The molecular weight excluding hydrogens is 289 g/mol. The largest absolute Gasteiger partial charge is 0.655 e. The maximum absolute atomic E-state index is 11.5. The number of hydrogen-bond donors (Lipinski definition) is 1. The summed E-state index contributed by atoms with van der Waals surface area (Å²) in [4.78, 5) is 0.316. The van der Waals surface area contributed by atoms with Crippen molar-refractivity contribution in [3.63, 3.8) is 0 Å². The SMILES string of the molecule is CNS(=O)(=O)c1ccc2c(c1)C[N-]C2.[Y]. The molecule has 1 aromatic carbocycles. The van der Waals surface area contributed by atoms with E-state index in [0.29, 0.717) is 18.0 Å². The Hall–Kier alpha value is 0.194. The number of rotatable bonds is 2. The molecule has 1 aliphatic heterocycles. The molecule has 1 aromatic rings. The summed E-state index contributed by atoms with van der Waals surface area (Å²) in [6, 6.07) is 5.14. The average molecular weight is 300 g/mol. The summed E-state index contributed by atoms with van der Waals surface area (Å²) in [6.45, 7) is 1.33. The summed E-state index contributed by atoms with van der Waals surface area (Å²) in [7, 11) is -1.90. The molecule has 0 bridgehead atoms. The summed E-state index contributed by atoms with van der Waals surface area (Å²) in [5.74, 6) is 0. The number of fused-ring (bicyclic) bond motifs is 1. The van der Waals surface area contributed by atoms with Crippen molar-refractivity contribution in [2.75, 3.05) is 7.05 Å². The van der Waals surface area contributed by atoms with Crippen molar-refractivity contribution < 1.29 is 41.1 Å². The maximum Gasteiger partial charge on any atom is 0.240 e. The third kappa shape index (κ3) is 2.66. The minimum absolute atomic E-state index is 0. The van der Waals surface area contributed by atoms with Gasteiger partial charge in [-0.3, -0.25) is 0 Å². The van der Waals surface area contributed by atoms with Crippen LogP contribution >= 0.6 is 0 Å². The zero-order valence-corrected chi connectivity index (χ0v) is 12.1. The van der Waals surface area contributed by atoms with E-state index < -0.39 is 10.0 Å². The van der Waals surface area contributed by atoms with E-state index in [4.69, 9.17) is 0 Å². The smallest absolute Gasteiger partial charge is 0.240 e. The van der Waals surface area contributed by atoms with Crippen LogP contribution in [0.1, 0.15) is 11.1 Å². The molecule has 1 aliphatic rings. The van der Waals surface area contributed by atoms with Crippen LogP contribution in [0.2, 0.25) is 0 Å². The number of benzene rings is 1. The molecule has 0 unspecified atom stereocenters. The van der Waals surface area contributed by atoms with E-state index in [9.17, 15) is 8.42 Å². The Morgan fingerprint density at radius 3 is 2.60 bits per heavy atom. The predicted molar refractivity (Wildman–Crippen MR) is 53.5 cm³/mol. The van der Waals surface area contributed by atoms with Gasteiger partial charge in [-0.05, 0) is 19.2 Å². The minimum atomic E-state index is -3.31. The summed E-state index contributed by atoms with van der Waals surface area (Å²) in [5.41, 5.74) is 2.14. The average Bonchev–Trinajstić information content (AvgIpc) is 2.64. The van der Waals surface area contributed by atoms with Gasteiger partial charge in [0.25, 0.3) is 0 Å². The van der Waals surface area contributed by atoms with Crippen molar-refractivity contribution in [1.29, 1.82) is 0 Å². The van der Waals surface area contributed by atoms with Crippen molar-refractivity contribution in [1.82, 2.24) is 4.72 Å². The molecule has 4 nitrogen and oxygen atoms in total. The molecule has 0 fully saturated rings. The number of sulfonamides is 1. The molecule has 0 amide bonds. The van der Waals surface area contributed by atoms with Crippen LogP contribution in [-0.4, -0.2) is 15.5 Å². The topological polar surface area (TPSA) is 60.3 Å². The summed E-state index contributed by atoms with van der Waals surface area (Å²) >= 11 is 0. The van der Waals surface area contributed by atoms with E-state index in [1.54, 1.807) is 12.1 Å². The minimum Gasteiger partial charge on any atom is -0.655 e. The van der Waals surface area contributed by atoms with Crippen LogP contribution in [0.4, 0.5) is 0 Å². The van der Waals surface area contributed by atoms with Crippen LogP contribution in [0.3, 0.4) is 0 Å². The molecule has 1 heterocycles. The van der Waals surface area contributed by atoms with E-state index in [-0.39, 0.29) is 32.7 Å². The Morgan fingerprint density at radius 1 is 1.27 bits per heavy atom. The summed E-state index contributed by atoms with van der Waals surface area (Å²) in [5, 5.41) is 4.19. The van der Waals surface area contributed by atoms with E-state index >= 15 is 0 Å². The van der Waals surface area contributed by atoms with Crippen LogP contribution < -0.4 is 4.72 Å². The van der Waals surface area contributed by atoms with Crippen LogP contribution in [0, 0.1) is 0 Å². The third-order valence-electron chi connectivity index (χ3n) is 2.32. The van der Waals surface area contributed by atoms with Crippen LogP contribution in [0.25, 0.3) is 5.32 Å². The second-order valence-electron chi connectivity index (χ2n) is 3.18. The van der Waals surface area contributed by atoms with E-state index in [1.807, 2.05) is 6.07 Å². The molecule has 0 saturated carbocycles. The molecule has 0 spiro atoms. The predicted octanol–water partition coefficient (Wildman–Crippen LogP) is 0.980. The molecule has 15 heavy (non-hydrogen) atoms. The molecule has 0 atom stereocenters. The maximum atomic E-state index is 11.5. The first-order valence-corrected chi connectivity index (χ1v) is 5.80. The molecule has 0 saturated heterocycles. The molecular formula is C9H11N2O2SY-. The zero-order chi connectivity index (χ0) is 10.2. The molecule has 2 rings (SSSR count). The second kappa shape index (κ2) is 5.02. The van der Waals surface area contributed by atoms with Gasteiger partial charge in [-0.2, -0.15) is 0 Å². The van der Waals surface area contributed by atoms with E-state index in [0.717, 1.165) is 11.1 Å². The Morgan fingerprint density at radius 2 is 1.93 bits per heavy atom. The van der Waals surface area contributed by atoms with Crippen molar-refractivity contribution in [3.8, 4) is 0 Å². The van der Waals surface area contributed by atoms with E-state index in [2.05, 4.69) is 10.0 Å². The molecule has 1 N–H and O–H groups in total. The van der Waals surface area contributed by atoms with Gasteiger partial charge in [-0.1, -0.05) is 17.2 Å². The van der Waals surface area contributed by atoms with Crippen LogP contribution in [0.15, 0.2) is 23.1 Å². The van der Waals surface area contributed by atoms with Gasteiger partial charge in [-0.15, -0.1) is 13.1 Å². The molecule has 0 aromatic heterocycles. The van der Waals surface area contributed by atoms with Crippen molar-refractivity contribution in [2.24, 2.45) is 0 Å². The van der Waals surface area contributed by atoms with Crippen molar-refractivity contribution >= 4 is 10.0 Å². The summed E-state index contributed by atoms with van der Waals surface area (Å²) < 4.78 is 25.2. The van der Waals surface area contributed by atoms with E-state index in [1.165, 1.54) is 7.05 Å². The fourth-order valence-corrected chi connectivity index (χ4v) is 2.27. The van der Waals surface area contributed by atoms with Gasteiger partial charge in [0.2, 0.25) is 10.0 Å². The van der Waals surface area contributed by atoms with Gasteiger partial charge in [0.1, 0.15) is 0 Å². The van der Waals surface area contributed by atoms with Gasteiger partial charge in [0, 0.05) is 32.7 Å². The van der Waals surface area contributed by atoms with Gasteiger partial charge in [0.15, 0.2) is 0 Å².